The highest BCUT2D eigenvalue weighted by molar-refractivity contribution is 5.77. The maximum absolute atomic E-state index is 13.5. The molecule has 3 heterocycles. The molecule has 3 fully saturated rings. The van der Waals surface area contributed by atoms with Crippen molar-refractivity contribution >= 4 is 18.1 Å². The molecule has 0 unspecified atom stereocenters. The smallest absolute Gasteiger partial charge is 0.413 e. The first-order valence-corrected chi connectivity index (χ1v) is 15.8. The molecule has 1 aromatic heterocycles. The number of hydrogen-bond acceptors (Lipinski definition) is 9. The lowest BCUT2D eigenvalue weighted by Crippen LogP contribution is -2.42. The van der Waals surface area contributed by atoms with Crippen LogP contribution in [0.2, 0.25) is 0 Å². The maximum atomic E-state index is 13.5. The molecule has 46 heavy (non-hydrogen) atoms. The number of urea groups is 1. The van der Waals surface area contributed by atoms with Gasteiger partial charge in [-0.25, -0.2) is 9.59 Å². The van der Waals surface area contributed by atoms with E-state index in [1.54, 1.807) is 46.6 Å². The van der Waals surface area contributed by atoms with Gasteiger partial charge in [0.05, 0.1) is 18.5 Å². The number of esters is 1. The van der Waals surface area contributed by atoms with E-state index in [2.05, 4.69) is 21.5 Å². The molecule has 1 saturated carbocycles. The fourth-order valence-electron chi connectivity index (χ4n) is 5.83. The lowest BCUT2D eigenvalue weighted by Gasteiger charge is -2.35. The number of fused-ring (bicyclic) bond motifs is 3. The number of ether oxygens (including phenoxy) is 2. The normalized spacial score (nSPS) is 19.8. The van der Waals surface area contributed by atoms with Crippen LogP contribution in [-0.2, 0) is 32.1 Å². The summed E-state index contributed by atoms with van der Waals surface area (Å²) in [5, 5.41) is 11.7. The SMILES string of the molecule is CC(C)(C)OC(=O)CC=C=C(NCCc1cc([C@@H]2CC3(CC3)[C@H]3CN2C(=O)N3OCc2ccccc2)no1)NC(=O)OC(C)(C)C. The first-order chi connectivity index (χ1) is 21.7. The second-order valence-electron chi connectivity index (χ2n) is 14.2. The number of hydroxylamine groups is 2. The van der Waals surface area contributed by atoms with Crippen LogP contribution in [0.1, 0.15) is 90.3 Å². The highest BCUT2D eigenvalue weighted by Crippen LogP contribution is 2.61. The molecule has 2 aliphatic heterocycles. The molecule has 1 aliphatic carbocycles. The van der Waals surface area contributed by atoms with Crippen LogP contribution in [0.4, 0.5) is 9.59 Å². The van der Waals surface area contributed by atoms with Gasteiger partial charge in [0.1, 0.15) is 29.3 Å². The molecule has 2 atom stereocenters. The lowest BCUT2D eigenvalue weighted by atomic mass is 9.84. The summed E-state index contributed by atoms with van der Waals surface area (Å²) >= 11 is 0. The van der Waals surface area contributed by atoms with Crippen molar-refractivity contribution in [3.8, 4) is 0 Å². The predicted octanol–water partition coefficient (Wildman–Crippen LogP) is 5.52. The average Bonchev–Trinajstić information content (AvgIpc) is 3.44. The van der Waals surface area contributed by atoms with Crippen LogP contribution in [0.15, 0.2) is 58.5 Å². The van der Waals surface area contributed by atoms with Crippen LogP contribution >= 0.6 is 0 Å². The number of hydrogen-bond donors (Lipinski definition) is 2. The summed E-state index contributed by atoms with van der Waals surface area (Å²) in [7, 11) is 0. The van der Waals surface area contributed by atoms with Gasteiger partial charge in [0, 0.05) is 25.6 Å². The van der Waals surface area contributed by atoms with Crippen molar-refractivity contribution in [1.82, 2.24) is 25.8 Å². The van der Waals surface area contributed by atoms with E-state index in [0.717, 1.165) is 30.5 Å². The van der Waals surface area contributed by atoms with Gasteiger partial charge in [-0.15, -0.1) is 0 Å². The number of nitrogens with one attached hydrogen (secondary N) is 2. The van der Waals surface area contributed by atoms with Gasteiger partial charge >= 0.3 is 18.1 Å². The Morgan fingerprint density at radius 3 is 2.50 bits per heavy atom. The van der Waals surface area contributed by atoms with E-state index in [4.69, 9.17) is 18.8 Å². The fraction of sp³-hybridized carbons (Fsp3) is 0.559. The number of carbonyl (C=O) groups is 3. The molecule has 3 amide bonds. The number of alkyl carbamates (subject to hydrolysis) is 1. The first kappa shape index (κ1) is 33.1. The molecular weight excluding hydrogens is 590 g/mol. The minimum absolute atomic E-state index is 0.0163. The third-order valence-electron chi connectivity index (χ3n) is 8.03. The van der Waals surface area contributed by atoms with Gasteiger partial charge in [-0.05, 0) is 77.9 Å². The summed E-state index contributed by atoms with van der Waals surface area (Å²) in [6.07, 6.45) is 4.18. The molecule has 2 bridgehead atoms. The Balaban J connectivity index is 1.20. The topological polar surface area (TPSA) is 135 Å². The zero-order valence-electron chi connectivity index (χ0n) is 27.6. The second-order valence-corrected chi connectivity index (χ2v) is 14.2. The number of benzene rings is 1. The first-order valence-electron chi connectivity index (χ1n) is 15.8. The van der Waals surface area contributed by atoms with Gasteiger partial charge in [0.2, 0.25) is 0 Å². The molecule has 2 aromatic rings. The minimum atomic E-state index is -0.689. The lowest BCUT2D eigenvalue weighted by molar-refractivity contribution is -0.153. The monoisotopic (exact) mass is 635 g/mol. The van der Waals surface area contributed by atoms with E-state index in [-0.39, 0.29) is 35.8 Å². The summed E-state index contributed by atoms with van der Waals surface area (Å²) in [5.41, 5.74) is 3.40. The van der Waals surface area contributed by atoms with E-state index >= 15 is 0 Å². The highest BCUT2D eigenvalue weighted by Gasteiger charge is 2.63. The van der Waals surface area contributed by atoms with Crippen molar-refractivity contribution in [2.24, 2.45) is 5.41 Å². The van der Waals surface area contributed by atoms with Gasteiger partial charge in [-0.1, -0.05) is 41.2 Å². The predicted molar refractivity (Wildman–Crippen MR) is 168 cm³/mol. The van der Waals surface area contributed by atoms with Crippen LogP contribution in [-0.4, -0.2) is 63.5 Å². The van der Waals surface area contributed by atoms with E-state index in [0.29, 0.717) is 31.9 Å². The van der Waals surface area contributed by atoms with Crippen LogP contribution in [0.25, 0.3) is 0 Å². The van der Waals surface area contributed by atoms with Crippen molar-refractivity contribution in [2.45, 2.75) is 104 Å². The van der Waals surface area contributed by atoms with E-state index in [1.807, 2.05) is 41.3 Å². The average molecular weight is 636 g/mol. The van der Waals surface area contributed by atoms with E-state index in [9.17, 15) is 14.4 Å². The fourth-order valence-corrected chi connectivity index (χ4v) is 5.83. The summed E-state index contributed by atoms with van der Waals surface area (Å²) in [6, 6.07) is 11.4. The molecule has 2 saturated heterocycles. The van der Waals surface area contributed by atoms with Crippen molar-refractivity contribution in [1.29, 1.82) is 0 Å². The summed E-state index contributed by atoms with van der Waals surface area (Å²) in [5.74, 6) is 0.465. The Bertz CT molecular complexity index is 1480. The largest absolute Gasteiger partial charge is 0.460 e. The van der Waals surface area contributed by atoms with Gasteiger partial charge in [-0.3, -0.25) is 14.9 Å². The number of amides is 3. The van der Waals surface area contributed by atoms with Gasteiger partial charge in [0.25, 0.3) is 0 Å². The van der Waals surface area contributed by atoms with Crippen LogP contribution in [0, 0.1) is 5.41 Å². The molecule has 1 spiro atoms. The third-order valence-corrected chi connectivity index (χ3v) is 8.03. The molecule has 12 nitrogen and oxygen atoms in total. The second kappa shape index (κ2) is 13.2. The molecular formula is C34H45N5O7. The van der Waals surface area contributed by atoms with E-state index < -0.39 is 23.3 Å². The van der Waals surface area contributed by atoms with Gasteiger partial charge in [0.15, 0.2) is 5.82 Å². The van der Waals surface area contributed by atoms with Crippen molar-refractivity contribution in [3.63, 3.8) is 0 Å². The Hall–Kier alpha value is -4.28. The molecule has 5 rings (SSSR count). The van der Waals surface area contributed by atoms with Crippen LogP contribution < -0.4 is 10.6 Å². The standard InChI is InChI=1S/C34H45N5O7/c1-32(2,3)44-29(40)14-10-13-28(36-30(41)45-33(4,5)6)35-18-15-24-19-25(37-46-24)26-20-34(16-17-34)27-21-38(26)31(42)39(27)43-22-23-11-8-7-9-12-23/h7-12,19,26-27,35H,14-18,20-22H2,1-6H3,(H,36,41)/t13?,26-,27+/m0/s1. The van der Waals surface area contributed by atoms with Gasteiger partial charge < -0.3 is 24.2 Å². The Morgan fingerprint density at radius 1 is 1.11 bits per heavy atom. The zero-order chi connectivity index (χ0) is 33.1. The quantitative estimate of drug-likeness (QED) is 0.242. The number of aromatic nitrogens is 1. The third kappa shape index (κ3) is 8.50. The van der Waals surface area contributed by atoms with Crippen molar-refractivity contribution < 1.29 is 33.2 Å². The highest BCUT2D eigenvalue weighted by atomic mass is 16.7. The maximum Gasteiger partial charge on any atom is 0.413 e. The van der Waals surface area contributed by atoms with Crippen LogP contribution in [0.3, 0.4) is 0 Å². The van der Waals surface area contributed by atoms with Crippen molar-refractivity contribution in [3.05, 3.63) is 71.0 Å². The number of nitrogens with zero attached hydrogens (tertiary/aromatic N) is 3. The summed E-state index contributed by atoms with van der Waals surface area (Å²) in [4.78, 5) is 46.0. The Labute approximate surface area is 270 Å². The summed E-state index contributed by atoms with van der Waals surface area (Å²) < 4.78 is 16.4. The number of piperidine rings is 1. The molecule has 1 aromatic carbocycles. The number of carbonyl (C=O) groups excluding carboxylic acids is 3. The molecule has 12 heteroatoms. The molecule has 3 aliphatic rings. The van der Waals surface area contributed by atoms with Gasteiger partial charge in [-0.2, -0.15) is 5.06 Å². The summed E-state index contributed by atoms with van der Waals surface area (Å²) in [6.45, 7) is 12.0. The van der Waals surface area contributed by atoms with Crippen molar-refractivity contribution in [2.75, 3.05) is 13.1 Å². The molecule has 248 valence electrons. The van der Waals surface area contributed by atoms with E-state index in [1.165, 1.54) is 6.08 Å². The molecule has 0 radical (unpaired) electrons. The molecule has 2 N–H and O–H groups in total. The van der Waals surface area contributed by atoms with Crippen LogP contribution in [0.5, 0.6) is 0 Å². The Morgan fingerprint density at radius 2 is 1.83 bits per heavy atom. The minimum Gasteiger partial charge on any atom is -0.460 e. The zero-order valence-corrected chi connectivity index (χ0v) is 27.6. The Kier molecular flexibility index (Phi) is 9.51. The number of rotatable bonds is 11.